The number of hydrogen-bond acceptors (Lipinski definition) is 1. The lowest BCUT2D eigenvalue weighted by molar-refractivity contribution is -0.0948. The predicted molar refractivity (Wildman–Crippen MR) is 74.2 cm³/mol. The van der Waals surface area contributed by atoms with Gasteiger partial charge in [-0.05, 0) is 38.3 Å². The van der Waals surface area contributed by atoms with E-state index in [4.69, 9.17) is 0 Å². The molecule has 0 aliphatic carbocycles. The Labute approximate surface area is 117 Å². The molecule has 0 saturated carbocycles. The van der Waals surface area contributed by atoms with E-state index in [1.807, 2.05) is 13.8 Å². The first-order valence-corrected chi connectivity index (χ1v) is 6.45. The molecule has 1 atom stereocenters. The van der Waals surface area contributed by atoms with Crippen LogP contribution in [0, 0.1) is 0 Å². The lowest BCUT2D eigenvalue weighted by atomic mass is 10.0. The van der Waals surface area contributed by atoms with Crippen molar-refractivity contribution >= 4 is 0 Å². The molecule has 0 saturated heterocycles. The Morgan fingerprint density at radius 3 is 2.30 bits per heavy atom. The van der Waals surface area contributed by atoms with Crippen molar-refractivity contribution in [3.63, 3.8) is 0 Å². The zero-order valence-corrected chi connectivity index (χ0v) is 11.6. The monoisotopic (exact) mass is 284 g/mol. The van der Waals surface area contributed by atoms with Crippen LogP contribution in [0.25, 0.3) is 0 Å². The van der Waals surface area contributed by atoms with Gasteiger partial charge in [-0.1, -0.05) is 42.0 Å². The number of aliphatic hydroxyl groups excluding tert-OH is 1. The van der Waals surface area contributed by atoms with E-state index >= 15 is 0 Å². The first kappa shape index (κ1) is 16.5. The van der Waals surface area contributed by atoms with Gasteiger partial charge in [0.25, 0.3) is 0 Å². The molecular weight excluding hydrogens is 265 g/mol. The van der Waals surface area contributed by atoms with Crippen LogP contribution in [0.4, 0.5) is 13.2 Å². The van der Waals surface area contributed by atoms with Crippen LogP contribution < -0.4 is 0 Å². The van der Waals surface area contributed by atoms with E-state index in [1.165, 1.54) is 0 Å². The van der Waals surface area contributed by atoms with Gasteiger partial charge >= 0.3 is 6.18 Å². The second-order valence-electron chi connectivity index (χ2n) is 4.87. The van der Waals surface area contributed by atoms with Gasteiger partial charge in [0.15, 0.2) is 0 Å². The number of benzene rings is 1. The van der Waals surface area contributed by atoms with Gasteiger partial charge in [0.2, 0.25) is 0 Å². The maximum atomic E-state index is 12.9. The fourth-order valence-electron chi connectivity index (χ4n) is 1.77. The highest BCUT2D eigenvalue weighted by atomic mass is 19.4. The molecule has 0 amide bonds. The van der Waals surface area contributed by atoms with Crippen LogP contribution in [-0.2, 0) is 0 Å². The summed E-state index contributed by atoms with van der Waals surface area (Å²) >= 11 is 0. The van der Waals surface area contributed by atoms with E-state index in [-0.39, 0.29) is 6.42 Å². The van der Waals surface area contributed by atoms with Crippen molar-refractivity contribution in [1.82, 2.24) is 0 Å². The van der Waals surface area contributed by atoms with Crippen LogP contribution in [-0.4, -0.2) is 11.3 Å². The molecule has 0 aliphatic heterocycles. The molecule has 0 aliphatic rings. The molecule has 0 fully saturated rings. The Kier molecular flexibility index (Phi) is 6.02. The van der Waals surface area contributed by atoms with Crippen molar-refractivity contribution in [2.75, 3.05) is 0 Å². The standard InChI is InChI=1S/C16H19F3O/c1-12(2)7-6-10-14(16(17,18)19)11-15(20)13-8-4-3-5-9-13/h3-5,7-9,11,15,20H,6,10H2,1-2H3/b14-11+. The molecule has 1 rings (SSSR count). The normalized spacial score (nSPS) is 14.0. The topological polar surface area (TPSA) is 20.2 Å². The molecule has 0 spiro atoms. The Bertz CT molecular complexity index is 468. The average Bonchev–Trinajstić information content (AvgIpc) is 2.37. The minimum absolute atomic E-state index is 0.126. The largest absolute Gasteiger partial charge is 0.412 e. The third kappa shape index (κ3) is 5.61. The Morgan fingerprint density at radius 2 is 1.80 bits per heavy atom. The average molecular weight is 284 g/mol. The van der Waals surface area contributed by atoms with E-state index in [0.29, 0.717) is 12.0 Å². The van der Waals surface area contributed by atoms with E-state index in [0.717, 1.165) is 11.6 Å². The molecule has 1 N–H and O–H groups in total. The van der Waals surface area contributed by atoms with Gasteiger partial charge in [0, 0.05) is 5.57 Å². The molecule has 0 radical (unpaired) electrons. The Morgan fingerprint density at radius 1 is 1.20 bits per heavy atom. The summed E-state index contributed by atoms with van der Waals surface area (Å²) in [6.45, 7) is 3.69. The van der Waals surface area contributed by atoms with Crippen molar-refractivity contribution in [3.8, 4) is 0 Å². The molecule has 0 aromatic heterocycles. The maximum absolute atomic E-state index is 12.9. The van der Waals surface area contributed by atoms with Crippen LogP contribution in [0.15, 0.2) is 53.6 Å². The van der Waals surface area contributed by atoms with E-state index in [9.17, 15) is 18.3 Å². The molecule has 0 heterocycles. The summed E-state index contributed by atoms with van der Waals surface area (Å²) in [4.78, 5) is 0. The van der Waals surface area contributed by atoms with Crippen molar-refractivity contribution in [2.45, 2.75) is 39.0 Å². The van der Waals surface area contributed by atoms with Gasteiger partial charge in [-0.25, -0.2) is 0 Å². The fraction of sp³-hybridized carbons (Fsp3) is 0.375. The van der Waals surface area contributed by atoms with Gasteiger partial charge in [-0.2, -0.15) is 13.2 Å². The number of halogens is 3. The highest BCUT2D eigenvalue weighted by Crippen LogP contribution is 2.31. The summed E-state index contributed by atoms with van der Waals surface area (Å²) in [5, 5.41) is 9.87. The third-order valence-electron chi connectivity index (χ3n) is 2.83. The zero-order chi connectivity index (χ0) is 15.2. The number of allylic oxidation sites excluding steroid dienone is 3. The summed E-state index contributed by atoms with van der Waals surface area (Å²) in [5.41, 5.74) is 0.748. The summed E-state index contributed by atoms with van der Waals surface area (Å²) < 4.78 is 38.8. The number of rotatable bonds is 5. The van der Waals surface area contributed by atoms with Gasteiger partial charge in [0.1, 0.15) is 0 Å². The van der Waals surface area contributed by atoms with E-state index in [2.05, 4.69) is 0 Å². The quantitative estimate of drug-likeness (QED) is 0.758. The highest BCUT2D eigenvalue weighted by Gasteiger charge is 2.33. The second-order valence-corrected chi connectivity index (χ2v) is 4.87. The van der Waals surface area contributed by atoms with Crippen LogP contribution in [0.1, 0.15) is 38.4 Å². The molecule has 0 bridgehead atoms. The van der Waals surface area contributed by atoms with Crippen molar-refractivity contribution < 1.29 is 18.3 Å². The first-order chi connectivity index (χ1) is 9.30. The second kappa shape index (κ2) is 7.29. The molecular formula is C16H19F3O. The van der Waals surface area contributed by atoms with E-state index < -0.39 is 17.9 Å². The summed E-state index contributed by atoms with van der Waals surface area (Å²) in [5.74, 6) is 0. The molecule has 110 valence electrons. The molecule has 1 aromatic carbocycles. The number of alkyl halides is 3. The van der Waals surface area contributed by atoms with Gasteiger partial charge in [0.05, 0.1) is 6.10 Å². The highest BCUT2D eigenvalue weighted by molar-refractivity contribution is 5.24. The first-order valence-electron chi connectivity index (χ1n) is 6.45. The summed E-state index contributed by atoms with van der Waals surface area (Å²) in [6.07, 6.45) is -2.80. The molecule has 1 aromatic rings. The summed E-state index contributed by atoms with van der Waals surface area (Å²) in [7, 11) is 0. The zero-order valence-electron chi connectivity index (χ0n) is 11.6. The Balaban J connectivity index is 2.87. The number of aliphatic hydroxyl groups is 1. The minimum Gasteiger partial charge on any atom is -0.384 e. The van der Waals surface area contributed by atoms with Gasteiger partial charge in [-0.3, -0.25) is 0 Å². The van der Waals surface area contributed by atoms with Crippen molar-refractivity contribution in [3.05, 3.63) is 59.2 Å². The number of hydrogen-bond donors (Lipinski definition) is 1. The molecule has 4 heteroatoms. The maximum Gasteiger partial charge on any atom is 0.412 e. The lowest BCUT2D eigenvalue weighted by Gasteiger charge is -2.14. The SMILES string of the molecule is CC(C)=CCC/C(=C\C(O)c1ccccc1)C(F)(F)F. The van der Waals surface area contributed by atoms with Crippen molar-refractivity contribution in [1.29, 1.82) is 0 Å². The minimum atomic E-state index is -4.41. The summed E-state index contributed by atoms with van der Waals surface area (Å²) in [6, 6.07) is 8.32. The Hall–Kier alpha value is -1.55. The van der Waals surface area contributed by atoms with Crippen LogP contribution in [0.3, 0.4) is 0 Å². The smallest absolute Gasteiger partial charge is 0.384 e. The van der Waals surface area contributed by atoms with Gasteiger partial charge < -0.3 is 5.11 Å². The predicted octanol–water partition coefficient (Wildman–Crippen LogP) is 4.96. The fourth-order valence-corrected chi connectivity index (χ4v) is 1.77. The molecule has 1 nitrogen and oxygen atoms in total. The van der Waals surface area contributed by atoms with Crippen molar-refractivity contribution in [2.24, 2.45) is 0 Å². The van der Waals surface area contributed by atoms with E-state index in [1.54, 1.807) is 36.4 Å². The molecule has 1 unspecified atom stereocenters. The van der Waals surface area contributed by atoms with Crippen LogP contribution in [0.5, 0.6) is 0 Å². The van der Waals surface area contributed by atoms with Crippen LogP contribution >= 0.6 is 0 Å². The molecule has 20 heavy (non-hydrogen) atoms. The lowest BCUT2D eigenvalue weighted by Crippen LogP contribution is -2.13. The van der Waals surface area contributed by atoms with Gasteiger partial charge in [-0.15, -0.1) is 0 Å². The third-order valence-corrected chi connectivity index (χ3v) is 2.83. The van der Waals surface area contributed by atoms with Crippen LogP contribution in [0.2, 0.25) is 0 Å².